The maximum Gasteiger partial charge on any atom is 0.410 e. The number of carbonyl (C=O) groups is 1. The third kappa shape index (κ3) is 6.54. The molecule has 46 heavy (non-hydrogen) atoms. The Bertz CT molecular complexity index is 1860. The molecule has 236 valence electrons. The van der Waals surface area contributed by atoms with Crippen LogP contribution in [-0.2, 0) is 11.3 Å². The molecule has 10 nitrogen and oxygen atoms in total. The van der Waals surface area contributed by atoms with Gasteiger partial charge in [0.15, 0.2) is 5.82 Å². The zero-order valence-corrected chi connectivity index (χ0v) is 25.4. The normalized spacial score (nSPS) is 14.2. The van der Waals surface area contributed by atoms with E-state index in [2.05, 4.69) is 15.5 Å². The van der Waals surface area contributed by atoms with Crippen LogP contribution in [0.5, 0.6) is 0 Å². The van der Waals surface area contributed by atoms with Gasteiger partial charge in [0, 0.05) is 36.9 Å². The second-order valence-electron chi connectivity index (χ2n) is 11.5. The largest absolute Gasteiger partial charge is 0.445 e. The van der Waals surface area contributed by atoms with Crippen molar-refractivity contribution in [2.75, 3.05) is 25.0 Å². The number of hydrogen-bond donors (Lipinski definition) is 3. The third-order valence-corrected chi connectivity index (χ3v) is 8.46. The highest BCUT2D eigenvalue weighted by atomic mass is 19.1. The van der Waals surface area contributed by atoms with E-state index in [1.54, 1.807) is 23.1 Å². The Hall–Kier alpha value is -5.29. The molecular weight excluding hydrogens is 587 g/mol. The van der Waals surface area contributed by atoms with E-state index in [0.717, 1.165) is 11.1 Å². The molecule has 11 heteroatoms. The fraction of sp³-hybridized carbons (Fsp3) is 0.257. The molecule has 0 saturated carbocycles. The quantitative estimate of drug-likeness (QED) is 0.193. The number of nitrogens with one attached hydrogen (secondary N) is 2. The molecule has 1 saturated heterocycles. The average Bonchev–Trinajstić information content (AvgIpc) is 3.48. The molecule has 0 atom stereocenters. The lowest BCUT2D eigenvalue weighted by Gasteiger charge is -2.42. The zero-order valence-electron chi connectivity index (χ0n) is 25.4. The smallest absolute Gasteiger partial charge is 0.410 e. The SMILES string of the molecule is Cc1ccccc1-n1nc(-c2c(NC3(CCO)CCN(C(=O)OCc4ccccc4)CC3)n[nH]c2-c2ccc(F)cc2)ccc1=O. The second kappa shape index (κ2) is 13.4. The molecule has 0 bridgehead atoms. The van der Waals surface area contributed by atoms with E-state index in [0.29, 0.717) is 66.4 Å². The number of ether oxygens (including phenoxy) is 1. The number of carbonyl (C=O) groups excluding carboxylic acids is 1. The summed E-state index contributed by atoms with van der Waals surface area (Å²) in [7, 11) is 0. The molecule has 0 spiro atoms. The maximum absolute atomic E-state index is 13.9. The van der Waals surface area contributed by atoms with Gasteiger partial charge in [0.05, 0.1) is 22.6 Å². The van der Waals surface area contributed by atoms with Crippen LogP contribution in [0, 0.1) is 12.7 Å². The number of anilines is 1. The first-order chi connectivity index (χ1) is 22.4. The van der Waals surface area contributed by atoms with Gasteiger partial charge in [0.2, 0.25) is 0 Å². The Kier molecular flexibility index (Phi) is 8.93. The number of aliphatic hydroxyl groups excluding tert-OH is 1. The average molecular weight is 623 g/mol. The molecule has 3 heterocycles. The van der Waals surface area contributed by atoms with Crippen LogP contribution in [0.15, 0.2) is 95.8 Å². The fourth-order valence-electron chi connectivity index (χ4n) is 5.86. The minimum absolute atomic E-state index is 0.0769. The van der Waals surface area contributed by atoms with Gasteiger partial charge < -0.3 is 20.1 Å². The van der Waals surface area contributed by atoms with Crippen molar-refractivity contribution in [2.24, 2.45) is 0 Å². The number of aromatic amines is 1. The summed E-state index contributed by atoms with van der Waals surface area (Å²) in [6.07, 6.45) is 1.09. The number of aliphatic hydroxyl groups is 1. The van der Waals surface area contributed by atoms with E-state index in [1.807, 2.05) is 61.5 Å². The summed E-state index contributed by atoms with van der Waals surface area (Å²) in [6.45, 7) is 2.86. The van der Waals surface area contributed by atoms with Crippen molar-refractivity contribution >= 4 is 11.9 Å². The molecular formula is C35H35FN6O4. The van der Waals surface area contributed by atoms with Gasteiger partial charge in [-0.15, -0.1) is 0 Å². The van der Waals surface area contributed by atoms with Crippen LogP contribution in [0.1, 0.15) is 30.4 Å². The summed E-state index contributed by atoms with van der Waals surface area (Å²) in [4.78, 5) is 27.5. The first-order valence-electron chi connectivity index (χ1n) is 15.2. The van der Waals surface area contributed by atoms with Gasteiger partial charge in [0.1, 0.15) is 12.4 Å². The van der Waals surface area contributed by atoms with E-state index in [9.17, 15) is 19.1 Å². The Morgan fingerprint density at radius 3 is 2.43 bits per heavy atom. The van der Waals surface area contributed by atoms with Crippen LogP contribution in [0.4, 0.5) is 15.0 Å². The molecule has 2 aromatic heterocycles. The number of hydrogen-bond acceptors (Lipinski definition) is 7. The van der Waals surface area contributed by atoms with Crippen LogP contribution in [0.2, 0.25) is 0 Å². The maximum atomic E-state index is 13.9. The van der Waals surface area contributed by atoms with Crippen molar-refractivity contribution in [2.45, 2.75) is 38.3 Å². The lowest BCUT2D eigenvalue weighted by molar-refractivity contribution is 0.0771. The number of piperidine rings is 1. The molecule has 1 aliphatic heterocycles. The molecule has 6 rings (SSSR count). The van der Waals surface area contributed by atoms with Crippen molar-refractivity contribution in [3.8, 4) is 28.2 Å². The first-order valence-corrected chi connectivity index (χ1v) is 15.2. The molecule has 5 aromatic rings. The van der Waals surface area contributed by atoms with Crippen molar-refractivity contribution in [1.29, 1.82) is 0 Å². The van der Waals surface area contributed by atoms with E-state index in [4.69, 9.17) is 9.84 Å². The molecule has 3 N–H and O–H groups in total. The molecule has 0 radical (unpaired) electrons. The number of aryl methyl sites for hydroxylation is 1. The number of para-hydroxylation sites is 1. The van der Waals surface area contributed by atoms with Gasteiger partial charge in [-0.05, 0) is 73.7 Å². The van der Waals surface area contributed by atoms with Gasteiger partial charge in [-0.25, -0.2) is 9.18 Å². The van der Waals surface area contributed by atoms with Crippen LogP contribution >= 0.6 is 0 Å². The van der Waals surface area contributed by atoms with Crippen LogP contribution in [-0.4, -0.2) is 61.3 Å². The summed E-state index contributed by atoms with van der Waals surface area (Å²) in [5.41, 5.74) is 3.89. The Morgan fingerprint density at radius 2 is 1.72 bits per heavy atom. The van der Waals surface area contributed by atoms with Crippen molar-refractivity contribution in [3.63, 3.8) is 0 Å². The van der Waals surface area contributed by atoms with Gasteiger partial charge in [0.25, 0.3) is 5.56 Å². The fourth-order valence-corrected chi connectivity index (χ4v) is 5.86. The third-order valence-electron chi connectivity index (χ3n) is 8.46. The highest BCUT2D eigenvalue weighted by Crippen LogP contribution is 2.39. The van der Waals surface area contributed by atoms with Crippen LogP contribution in [0.3, 0.4) is 0 Å². The van der Waals surface area contributed by atoms with Gasteiger partial charge >= 0.3 is 6.09 Å². The van der Waals surface area contributed by atoms with Crippen LogP contribution in [0.25, 0.3) is 28.2 Å². The topological polar surface area (TPSA) is 125 Å². The first kappa shape index (κ1) is 30.7. The number of H-pyrrole nitrogens is 1. The number of halogens is 1. The zero-order chi connectivity index (χ0) is 32.1. The summed E-state index contributed by atoms with van der Waals surface area (Å²) >= 11 is 0. The molecule has 0 unspecified atom stereocenters. The predicted molar refractivity (Wildman–Crippen MR) is 173 cm³/mol. The van der Waals surface area contributed by atoms with E-state index >= 15 is 0 Å². The minimum atomic E-state index is -0.598. The molecule has 0 aliphatic carbocycles. The van der Waals surface area contributed by atoms with Crippen molar-refractivity contribution in [1.82, 2.24) is 24.9 Å². The minimum Gasteiger partial charge on any atom is -0.445 e. The molecule has 1 fully saturated rings. The number of amides is 1. The number of rotatable bonds is 9. The molecule has 3 aromatic carbocycles. The standard InChI is InChI=1S/C35H35FN6O4/c1-24-7-5-6-10-29(24)42-30(44)16-15-28(40-42)31-32(26-11-13-27(36)14-12-26)38-39-33(31)37-35(19-22-43)17-20-41(21-18-35)34(45)46-23-25-8-3-2-4-9-25/h2-16,43H,17-23H2,1H3,(H2,37,38,39). The number of benzene rings is 3. The lowest BCUT2D eigenvalue weighted by atomic mass is 9.84. The van der Waals surface area contributed by atoms with Crippen molar-refractivity contribution < 1.29 is 19.0 Å². The van der Waals surface area contributed by atoms with Gasteiger partial charge in [-0.2, -0.15) is 14.9 Å². The van der Waals surface area contributed by atoms with E-state index in [-0.39, 0.29) is 30.7 Å². The highest BCUT2D eigenvalue weighted by Gasteiger charge is 2.37. The summed E-state index contributed by atoms with van der Waals surface area (Å²) < 4.78 is 20.8. The Balaban J connectivity index is 1.31. The summed E-state index contributed by atoms with van der Waals surface area (Å²) in [5, 5.41) is 26.2. The van der Waals surface area contributed by atoms with Gasteiger partial charge in [-0.1, -0.05) is 48.5 Å². The van der Waals surface area contributed by atoms with Gasteiger partial charge in [-0.3, -0.25) is 9.89 Å². The summed E-state index contributed by atoms with van der Waals surface area (Å²) in [5.74, 6) is 0.0979. The highest BCUT2D eigenvalue weighted by molar-refractivity contribution is 5.87. The number of likely N-dealkylation sites (tertiary alicyclic amines) is 1. The Morgan fingerprint density at radius 1 is 1.00 bits per heavy atom. The predicted octanol–water partition coefficient (Wildman–Crippen LogP) is 5.70. The molecule has 1 aliphatic rings. The number of aromatic nitrogens is 4. The lowest BCUT2D eigenvalue weighted by Crippen LogP contribution is -2.51. The van der Waals surface area contributed by atoms with Crippen LogP contribution < -0.4 is 10.9 Å². The van der Waals surface area contributed by atoms with Crippen molar-refractivity contribution in [3.05, 3.63) is 118 Å². The summed E-state index contributed by atoms with van der Waals surface area (Å²) in [6, 6.07) is 26.1. The van der Waals surface area contributed by atoms with E-state index in [1.165, 1.54) is 22.9 Å². The Labute approximate surface area is 265 Å². The number of nitrogens with zero attached hydrogens (tertiary/aromatic N) is 4. The van der Waals surface area contributed by atoms with E-state index < -0.39 is 5.54 Å². The monoisotopic (exact) mass is 622 g/mol. The molecule has 1 amide bonds. The second-order valence-corrected chi connectivity index (χ2v) is 11.5.